The van der Waals surface area contributed by atoms with Gasteiger partial charge in [0, 0.05) is 10.0 Å². The molecular formula is C9H6Br2S. The van der Waals surface area contributed by atoms with Gasteiger partial charge in [0.15, 0.2) is 0 Å². The van der Waals surface area contributed by atoms with E-state index in [1.165, 1.54) is 19.4 Å². The SMILES string of the molecule is BrCc1ccc2sc(Br)cc2c1. The Morgan fingerprint density at radius 3 is 2.83 bits per heavy atom. The Labute approximate surface area is 91.9 Å². The van der Waals surface area contributed by atoms with Crippen molar-refractivity contribution in [3.05, 3.63) is 33.6 Å². The molecule has 3 heteroatoms. The molecule has 0 radical (unpaired) electrons. The van der Waals surface area contributed by atoms with Crippen LogP contribution in [0.4, 0.5) is 0 Å². The molecule has 0 aliphatic rings. The molecule has 0 fully saturated rings. The fraction of sp³-hybridized carbons (Fsp3) is 0.111. The summed E-state index contributed by atoms with van der Waals surface area (Å²) in [7, 11) is 0. The van der Waals surface area contributed by atoms with Crippen molar-refractivity contribution in [2.75, 3.05) is 0 Å². The van der Waals surface area contributed by atoms with Crippen molar-refractivity contribution in [1.29, 1.82) is 0 Å². The minimum Gasteiger partial charge on any atom is -0.128 e. The Kier molecular flexibility index (Phi) is 2.53. The summed E-state index contributed by atoms with van der Waals surface area (Å²) in [6.07, 6.45) is 0. The lowest BCUT2D eigenvalue weighted by molar-refractivity contribution is 1.47. The van der Waals surface area contributed by atoms with Crippen molar-refractivity contribution in [3.8, 4) is 0 Å². The van der Waals surface area contributed by atoms with Gasteiger partial charge in [0.25, 0.3) is 0 Å². The Bertz CT molecular complexity index is 406. The molecule has 0 bridgehead atoms. The number of thiophene rings is 1. The zero-order valence-corrected chi connectivity index (χ0v) is 10.2. The van der Waals surface area contributed by atoms with Crippen molar-refractivity contribution in [2.24, 2.45) is 0 Å². The van der Waals surface area contributed by atoms with E-state index in [1.54, 1.807) is 11.3 Å². The molecule has 0 saturated heterocycles. The highest BCUT2D eigenvalue weighted by atomic mass is 79.9. The first-order chi connectivity index (χ1) is 5.79. The van der Waals surface area contributed by atoms with Crippen LogP contribution in [0, 0.1) is 0 Å². The minimum atomic E-state index is 0.927. The van der Waals surface area contributed by atoms with Crippen molar-refractivity contribution in [3.63, 3.8) is 0 Å². The lowest BCUT2D eigenvalue weighted by Crippen LogP contribution is -1.73. The number of benzene rings is 1. The summed E-state index contributed by atoms with van der Waals surface area (Å²) in [6, 6.07) is 8.69. The van der Waals surface area contributed by atoms with Crippen LogP contribution in [0.15, 0.2) is 28.1 Å². The molecule has 62 valence electrons. The maximum atomic E-state index is 3.48. The van der Waals surface area contributed by atoms with E-state index in [9.17, 15) is 0 Å². The first-order valence-corrected chi connectivity index (χ1v) is 6.26. The standard InChI is InChI=1S/C9H6Br2S/c10-5-6-1-2-8-7(3-6)4-9(11)12-8/h1-4H,5H2. The van der Waals surface area contributed by atoms with Gasteiger partial charge >= 0.3 is 0 Å². The molecule has 0 spiro atoms. The molecule has 0 aliphatic carbocycles. The van der Waals surface area contributed by atoms with Gasteiger partial charge in [-0.2, -0.15) is 0 Å². The third kappa shape index (κ3) is 1.58. The van der Waals surface area contributed by atoms with Crippen LogP contribution in [0.5, 0.6) is 0 Å². The summed E-state index contributed by atoms with van der Waals surface area (Å²) in [5.74, 6) is 0. The molecule has 0 amide bonds. The van der Waals surface area contributed by atoms with E-state index in [0.29, 0.717) is 0 Å². The summed E-state index contributed by atoms with van der Waals surface area (Å²) < 4.78 is 2.54. The molecule has 12 heavy (non-hydrogen) atoms. The Hall–Kier alpha value is 0.140. The van der Waals surface area contributed by atoms with Crippen molar-refractivity contribution < 1.29 is 0 Å². The van der Waals surface area contributed by atoms with Gasteiger partial charge in [-0.3, -0.25) is 0 Å². The molecule has 0 nitrogen and oxygen atoms in total. The average Bonchev–Trinajstić information content (AvgIpc) is 2.43. The van der Waals surface area contributed by atoms with Crippen LogP contribution in [0.25, 0.3) is 10.1 Å². The van der Waals surface area contributed by atoms with E-state index in [1.807, 2.05) is 0 Å². The molecule has 0 N–H and O–H groups in total. The van der Waals surface area contributed by atoms with E-state index in [4.69, 9.17) is 0 Å². The molecule has 0 saturated carbocycles. The van der Waals surface area contributed by atoms with Gasteiger partial charge < -0.3 is 0 Å². The molecule has 0 atom stereocenters. The highest BCUT2D eigenvalue weighted by Crippen LogP contribution is 2.30. The summed E-state index contributed by atoms with van der Waals surface area (Å²) in [5, 5.41) is 2.25. The second-order valence-electron chi connectivity index (χ2n) is 2.56. The number of hydrogen-bond donors (Lipinski definition) is 0. The van der Waals surface area contributed by atoms with Gasteiger partial charge in [-0.1, -0.05) is 22.0 Å². The van der Waals surface area contributed by atoms with Crippen LogP contribution in [0.3, 0.4) is 0 Å². The molecule has 1 aromatic heterocycles. The van der Waals surface area contributed by atoms with Crippen LogP contribution in [0.2, 0.25) is 0 Å². The quantitative estimate of drug-likeness (QED) is 0.678. The summed E-state index contributed by atoms with van der Waals surface area (Å²) >= 11 is 8.69. The van der Waals surface area contributed by atoms with Crippen LogP contribution in [0.1, 0.15) is 5.56 Å². The number of rotatable bonds is 1. The van der Waals surface area contributed by atoms with E-state index in [2.05, 4.69) is 56.1 Å². The fourth-order valence-corrected chi connectivity index (χ4v) is 3.03. The third-order valence-corrected chi connectivity index (χ3v) is 3.97. The highest BCUT2D eigenvalue weighted by Gasteiger charge is 1.99. The predicted octanol–water partition coefficient (Wildman–Crippen LogP) is 4.56. The van der Waals surface area contributed by atoms with Crippen LogP contribution >= 0.6 is 43.2 Å². The summed E-state index contributed by atoms with van der Waals surface area (Å²) in [4.78, 5) is 0. The minimum absolute atomic E-state index is 0.927. The first kappa shape index (κ1) is 8.73. The van der Waals surface area contributed by atoms with E-state index >= 15 is 0 Å². The predicted molar refractivity (Wildman–Crippen MR) is 62.2 cm³/mol. The molecule has 0 unspecified atom stereocenters. The Balaban J connectivity index is 2.66. The van der Waals surface area contributed by atoms with E-state index in [0.717, 1.165) is 5.33 Å². The van der Waals surface area contributed by atoms with E-state index in [-0.39, 0.29) is 0 Å². The van der Waals surface area contributed by atoms with Gasteiger partial charge in [0.2, 0.25) is 0 Å². The lowest BCUT2D eigenvalue weighted by Gasteiger charge is -1.93. The van der Waals surface area contributed by atoms with Crippen LogP contribution < -0.4 is 0 Å². The van der Waals surface area contributed by atoms with Crippen molar-refractivity contribution >= 4 is 53.3 Å². The molecule has 1 aromatic carbocycles. The largest absolute Gasteiger partial charge is 0.128 e. The molecule has 2 rings (SSSR count). The van der Waals surface area contributed by atoms with Crippen LogP contribution in [-0.4, -0.2) is 0 Å². The van der Waals surface area contributed by atoms with Gasteiger partial charge in [-0.25, -0.2) is 0 Å². The van der Waals surface area contributed by atoms with Gasteiger partial charge in [-0.15, -0.1) is 11.3 Å². The topological polar surface area (TPSA) is 0 Å². The lowest BCUT2D eigenvalue weighted by atomic mass is 10.2. The van der Waals surface area contributed by atoms with Crippen molar-refractivity contribution in [1.82, 2.24) is 0 Å². The first-order valence-electron chi connectivity index (χ1n) is 3.53. The number of hydrogen-bond acceptors (Lipinski definition) is 1. The normalized spacial score (nSPS) is 10.8. The van der Waals surface area contributed by atoms with Gasteiger partial charge in [0.1, 0.15) is 0 Å². The number of alkyl halides is 1. The maximum absolute atomic E-state index is 3.48. The van der Waals surface area contributed by atoms with Gasteiger partial charge in [0.05, 0.1) is 3.79 Å². The van der Waals surface area contributed by atoms with Gasteiger partial charge in [-0.05, 0) is 45.1 Å². The molecule has 2 aromatic rings. The van der Waals surface area contributed by atoms with Crippen LogP contribution in [-0.2, 0) is 5.33 Å². The zero-order valence-electron chi connectivity index (χ0n) is 6.18. The highest BCUT2D eigenvalue weighted by molar-refractivity contribution is 9.11. The third-order valence-electron chi connectivity index (χ3n) is 1.70. The Morgan fingerprint density at radius 2 is 2.08 bits per heavy atom. The second-order valence-corrected chi connectivity index (χ2v) is 5.58. The second kappa shape index (κ2) is 3.48. The molecule has 0 aliphatic heterocycles. The summed E-state index contributed by atoms with van der Waals surface area (Å²) in [5.41, 5.74) is 1.33. The van der Waals surface area contributed by atoms with E-state index < -0.39 is 0 Å². The summed E-state index contributed by atoms with van der Waals surface area (Å²) in [6.45, 7) is 0. The van der Waals surface area contributed by atoms with Crippen molar-refractivity contribution in [2.45, 2.75) is 5.33 Å². The fourth-order valence-electron chi connectivity index (χ4n) is 1.14. The maximum Gasteiger partial charge on any atom is 0.0711 e. The smallest absolute Gasteiger partial charge is 0.0711 e. The zero-order chi connectivity index (χ0) is 8.55. The Morgan fingerprint density at radius 1 is 1.25 bits per heavy atom. The molecule has 1 heterocycles. The number of fused-ring (bicyclic) bond motifs is 1. The number of halogens is 2. The monoisotopic (exact) mass is 304 g/mol. The molecular weight excluding hydrogens is 300 g/mol. The average molecular weight is 306 g/mol.